The Morgan fingerprint density at radius 2 is 1.92 bits per heavy atom. The molecule has 1 atom stereocenters. The Bertz CT molecular complexity index is 770. The zero-order chi connectivity index (χ0) is 18.4. The van der Waals surface area contributed by atoms with Crippen molar-refractivity contribution in [2.24, 2.45) is 0 Å². The van der Waals surface area contributed by atoms with Gasteiger partial charge < -0.3 is 4.74 Å². The molecule has 0 aliphatic heterocycles. The first-order chi connectivity index (χ1) is 11.8. The van der Waals surface area contributed by atoms with E-state index < -0.39 is 9.84 Å². The van der Waals surface area contributed by atoms with Crippen molar-refractivity contribution in [3.8, 4) is 16.3 Å². The summed E-state index contributed by atoms with van der Waals surface area (Å²) in [6.07, 6.45) is 1.28. The Hall–Kier alpha value is -1.44. The lowest BCUT2D eigenvalue weighted by atomic mass is 10.2. The highest BCUT2D eigenvalue weighted by Crippen LogP contribution is 2.26. The number of sulfone groups is 1. The van der Waals surface area contributed by atoms with Crippen LogP contribution in [-0.2, 0) is 16.4 Å². The fourth-order valence-electron chi connectivity index (χ4n) is 2.70. The number of hydrogen-bond donors (Lipinski definition) is 0. The van der Waals surface area contributed by atoms with Crippen molar-refractivity contribution in [2.75, 3.05) is 25.2 Å². The quantitative estimate of drug-likeness (QED) is 0.665. The lowest BCUT2D eigenvalue weighted by molar-refractivity contribution is 0.224. The Morgan fingerprint density at radius 3 is 2.48 bits per heavy atom. The second-order valence-corrected chi connectivity index (χ2v) is 9.15. The maximum absolute atomic E-state index is 11.5. The van der Waals surface area contributed by atoms with E-state index in [-0.39, 0.29) is 11.8 Å². The number of nitrogens with zero attached hydrogens (tertiary/aromatic N) is 2. The molecule has 25 heavy (non-hydrogen) atoms. The molecule has 0 amide bonds. The van der Waals surface area contributed by atoms with Crippen LogP contribution in [0.1, 0.15) is 26.5 Å². The molecule has 0 bridgehead atoms. The monoisotopic (exact) mass is 382 g/mol. The molecule has 1 aromatic heterocycles. The molecular formula is C18H26N2O3S2. The summed E-state index contributed by atoms with van der Waals surface area (Å²) in [6, 6.07) is 7.89. The van der Waals surface area contributed by atoms with Crippen molar-refractivity contribution in [3.05, 3.63) is 35.3 Å². The van der Waals surface area contributed by atoms with Crippen molar-refractivity contribution < 1.29 is 13.2 Å². The first-order valence-corrected chi connectivity index (χ1v) is 11.4. The van der Waals surface area contributed by atoms with Gasteiger partial charge in [0.1, 0.15) is 20.6 Å². The van der Waals surface area contributed by atoms with E-state index in [1.165, 1.54) is 6.26 Å². The van der Waals surface area contributed by atoms with Crippen molar-refractivity contribution in [2.45, 2.75) is 33.4 Å². The van der Waals surface area contributed by atoms with Gasteiger partial charge in [0.05, 0.1) is 18.1 Å². The smallest absolute Gasteiger partial charge is 0.148 e. The Labute approximate surface area is 154 Å². The summed E-state index contributed by atoms with van der Waals surface area (Å²) in [5, 5.41) is 3.01. The molecule has 0 aliphatic carbocycles. The Balaban J connectivity index is 2.06. The predicted molar refractivity (Wildman–Crippen MR) is 104 cm³/mol. The molecule has 2 rings (SSSR count). The van der Waals surface area contributed by atoms with Gasteiger partial charge in [-0.05, 0) is 44.7 Å². The van der Waals surface area contributed by atoms with Crippen LogP contribution in [0.25, 0.3) is 10.6 Å². The van der Waals surface area contributed by atoms with Gasteiger partial charge >= 0.3 is 0 Å². The van der Waals surface area contributed by atoms with Crippen LogP contribution in [0, 0.1) is 0 Å². The highest BCUT2D eigenvalue weighted by molar-refractivity contribution is 7.90. The zero-order valence-corrected chi connectivity index (χ0v) is 16.9. The molecule has 0 saturated carbocycles. The number of ether oxygens (including phenoxy) is 1. The minimum atomic E-state index is -2.99. The summed E-state index contributed by atoms with van der Waals surface area (Å²) in [7, 11) is -2.99. The van der Waals surface area contributed by atoms with Gasteiger partial charge in [-0.1, -0.05) is 6.92 Å². The standard InChI is InChI=1S/C18H26N2O3S2/c1-5-20(14(3)13-25(4,21)22)11-16-12-24-18(19-16)15-7-9-17(10-8-15)23-6-2/h7-10,12,14H,5-6,11,13H2,1-4H3. The van der Waals surface area contributed by atoms with E-state index in [0.717, 1.165) is 28.6 Å². The van der Waals surface area contributed by atoms with Crippen LogP contribution in [-0.4, -0.2) is 49.5 Å². The molecule has 7 heteroatoms. The molecule has 1 unspecified atom stereocenters. The van der Waals surface area contributed by atoms with Crippen molar-refractivity contribution in [3.63, 3.8) is 0 Å². The highest BCUT2D eigenvalue weighted by atomic mass is 32.2. The molecule has 5 nitrogen and oxygen atoms in total. The van der Waals surface area contributed by atoms with Crippen molar-refractivity contribution >= 4 is 21.2 Å². The predicted octanol–water partition coefficient (Wildman–Crippen LogP) is 3.46. The van der Waals surface area contributed by atoms with E-state index in [1.807, 2.05) is 50.4 Å². The topological polar surface area (TPSA) is 59.5 Å². The van der Waals surface area contributed by atoms with Gasteiger partial charge in [-0.2, -0.15) is 0 Å². The van der Waals surface area contributed by atoms with Crippen LogP contribution in [0.15, 0.2) is 29.6 Å². The van der Waals surface area contributed by atoms with E-state index >= 15 is 0 Å². The molecule has 0 radical (unpaired) electrons. The van der Waals surface area contributed by atoms with Crippen LogP contribution in [0.2, 0.25) is 0 Å². The van der Waals surface area contributed by atoms with E-state index in [4.69, 9.17) is 9.72 Å². The summed E-state index contributed by atoms with van der Waals surface area (Å²) in [5.41, 5.74) is 2.03. The molecule has 0 spiro atoms. The summed E-state index contributed by atoms with van der Waals surface area (Å²) in [6.45, 7) is 8.04. The number of thiazole rings is 1. The second kappa shape index (κ2) is 8.78. The maximum Gasteiger partial charge on any atom is 0.148 e. The van der Waals surface area contributed by atoms with Crippen molar-refractivity contribution in [1.82, 2.24) is 9.88 Å². The summed E-state index contributed by atoms with van der Waals surface area (Å²) in [5.74, 6) is 1.02. The third kappa shape index (κ3) is 6.09. The van der Waals surface area contributed by atoms with Crippen LogP contribution >= 0.6 is 11.3 Å². The minimum absolute atomic E-state index is 0.0318. The first kappa shape index (κ1) is 19.9. The third-order valence-corrected chi connectivity index (χ3v) is 5.93. The molecular weight excluding hydrogens is 356 g/mol. The SMILES string of the molecule is CCOc1ccc(-c2nc(CN(CC)C(C)CS(C)(=O)=O)cs2)cc1. The van der Waals surface area contributed by atoms with E-state index in [1.54, 1.807) is 11.3 Å². The zero-order valence-electron chi connectivity index (χ0n) is 15.2. The Morgan fingerprint density at radius 1 is 1.24 bits per heavy atom. The average Bonchev–Trinajstić information content (AvgIpc) is 3.00. The average molecular weight is 383 g/mol. The van der Waals surface area contributed by atoms with Crippen LogP contribution in [0.4, 0.5) is 0 Å². The Kier molecular flexibility index (Phi) is 6.98. The maximum atomic E-state index is 11.5. The summed E-state index contributed by atoms with van der Waals surface area (Å²) >= 11 is 1.60. The lowest BCUT2D eigenvalue weighted by Gasteiger charge is -2.26. The molecule has 138 valence electrons. The number of hydrogen-bond acceptors (Lipinski definition) is 6. The molecule has 0 N–H and O–H groups in total. The van der Waals surface area contributed by atoms with Gasteiger partial charge in [0.2, 0.25) is 0 Å². The largest absolute Gasteiger partial charge is 0.494 e. The fourth-order valence-corrected chi connectivity index (χ4v) is 4.61. The summed E-state index contributed by atoms with van der Waals surface area (Å²) < 4.78 is 28.5. The molecule has 0 saturated heterocycles. The molecule has 0 fully saturated rings. The van der Waals surface area contributed by atoms with Gasteiger partial charge in [0, 0.05) is 29.8 Å². The lowest BCUT2D eigenvalue weighted by Crippen LogP contribution is -2.37. The number of benzene rings is 1. The first-order valence-electron chi connectivity index (χ1n) is 8.41. The van der Waals surface area contributed by atoms with Gasteiger partial charge in [0.15, 0.2) is 0 Å². The van der Waals surface area contributed by atoms with E-state index in [0.29, 0.717) is 13.2 Å². The number of aromatic nitrogens is 1. The van der Waals surface area contributed by atoms with Crippen LogP contribution in [0.5, 0.6) is 5.75 Å². The molecule has 1 aromatic carbocycles. The van der Waals surface area contributed by atoms with Crippen LogP contribution < -0.4 is 4.74 Å². The fraction of sp³-hybridized carbons (Fsp3) is 0.500. The van der Waals surface area contributed by atoms with Crippen molar-refractivity contribution in [1.29, 1.82) is 0 Å². The van der Waals surface area contributed by atoms with E-state index in [9.17, 15) is 8.42 Å². The number of rotatable bonds is 9. The van der Waals surface area contributed by atoms with Gasteiger partial charge in [-0.3, -0.25) is 4.90 Å². The van der Waals surface area contributed by atoms with Gasteiger partial charge in [-0.25, -0.2) is 13.4 Å². The molecule has 0 aliphatic rings. The van der Waals surface area contributed by atoms with Crippen LogP contribution in [0.3, 0.4) is 0 Å². The molecule has 1 heterocycles. The van der Waals surface area contributed by atoms with Gasteiger partial charge in [-0.15, -0.1) is 11.3 Å². The van der Waals surface area contributed by atoms with E-state index in [2.05, 4.69) is 4.90 Å². The second-order valence-electron chi connectivity index (χ2n) is 6.11. The normalized spacial score (nSPS) is 13.2. The summed E-state index contributed by atoms with van der Waals surface area (Å²) in [4.78, 5) is 6.85. The third-order valence-electron chi connectivity index (χ3n) is 3.90. The minimum Gasteiger partial charge on any atom is -0.494 e. The van der Waals surface area contributed by atoms with Gasteiger partial charge in [0.25, 0.3) is 0 Å². The molecule has 2 aromatic rings. The highest BCUT2D eigenvalue weighted by Gasteiger charge is 2.18.